The third-order valence-electron chi connectivity index (χ3n) is 3.17. The maximum absolute atomic E-state index is 11.2. The maximum Gasteiger partial charge on any atom is 0.339 e. The molecule has 1 aromatic heterocycles. The molecular formula is C15H24N2O2. The number of hydrogen-bond acceptors (Lipinski definition) is 3. The highest BCUT2D eigenvalue weighted by molar-refractivity contribution is 5.93. The van der Waals surface area contributed by atoms with Gasteiger partial charge in [-0.1, -0.05) is 33.1 Å². The van der Waals surface area contributed by atoms with E-state index in [1.807, 2.05) is 13.0 Å². The van der Waals surface area contributed by atoms with Gasteiger partial charge in [0.2, 0.25) is 0 Å². The van der Waals surface area contributed by atoms with Crippen molar-refractivity contribution in [3.05, 3.63) is 23.5 Å². The first-order valence-electron chi connectivity index (χ1n) is 7.04. The lowest BCUT2D eigenvalue weighted by Crippen LogP contribution is -2.21. The number of aromatic carboxylic acids is 1. The summed E-state index contributed by atoms with van der Waals surface area (Å²) in [7, 11) is 0. The summed E-state index contributed by atoms with van der Waals surface area (Å²) in [5.74, 6) is -0.930. The summed E-state index contributed by atoms with van der Waals surface area (Å²) >= 11 is 0. The fourth-order valence-electron chi connectivity index (χ4n) is 2.16. The number of nitrogens with one attached hydrogen (secondary N) is 1. The predicted octanol–water partition coefficient (Wildman–Crippen LogP) is 3.86. The van der Waals surface area contributed by atoms with E-state index in [-0.39, 0.29) is 5.56 Å². The number of hydrogen-bond donors (Lipinski definition) is 2. The van der Waals surface area contributed by atoms with Crippen LogP contribution in [0.5, 0.6) is 0 Å². The molecular weight excluding hydrogens is 240 g/mol. The zero-order chi connectivity index (χ0) is 14.3. The standard InChI is InChI=1S/C15H24N2O2/c1-4-6-8-12(7-5-2)17-14-9-11(3)16-10-13(14)15(18)19/h9-10,12H,4-8H2,1-3H3,(H,16,17)(H,18,19). The predicted molar refractivity (Wildman–Crippen MR) is 77.8 cm³/mol. The Morgan fingerprint density at radius 3 is 2.68 bits per heavy atom. The summed E-state index contributed by atoms with van der Waals surface area (Å²) in [6, 6.07) is 2.16. The van der Waals surface area contributed by atoms with E-state index in [1.165, 1.54) is 6.20 Å². The Morgan fingerprint density at radius 1 is 1.37 bits per heavy atom. The van der Waals surface area contributed by atoms with Crippen LogP contribution < -0.4 is 5.32 Å². The molecule has 0 aliphatic rings. The highest BCUT2D eigenvalue weighted by Crippen LogP contribution is 2.20. The average Bonchev–Trinajstić information content (AvgIpc) is 2.36. The van der Waals surface area contributed by atoms with E-state index in [1.54, 1.807) is 0 Å². The number of carboxylic acids is 1. The van der Waals surface area contributed by atoms with E-state index in [9.17, 15) is 9.90 Å². The maximum atomic E-state index is 11.2. The Hall–Kier alpha value is -1.58. The van der Waals surface area contributed by atoms with E-state index >= 15 is 0 Å². The summed E-state index contributed by atoms with van der Waals surface area (Å²) in [5.41, 5.74) is 1.77. The van der Waals surface area contributed by atoms with Gasteiger partial charge in [0.15, 0.2) is 0 Å². The topological polar surface area (TPSA) is 62.2 Å². The van der Waals surface area contributed by atoms with Crippen LogP contribution in [0.1, 0.15) is 62.0 Å². The molecule has 1 rings (SSSR count). The molecule has 0 aliphatic carbocycles. The minimum Gasteiger partial charge on any atom is -0.478 e. The van der Waals surface area contributed by atoms with Gasteiger partial charge in [-0.15, -0.1) is 0 Å². The van der Waals surface area contributed by atoms with Gasteiger partial charge >= 0.3 is 5.97 Å². The molecule has 1 aromatic rings. The van der Waals surface area contributed by atoms with Crippen LogP contribution in [0.25, 0.3) is 0 Å². The second kappa shape index (κ2) is 7.77. The normalized spacial score (nSPS) is 12.2. The Balaban J connectivity index is 2.87. The van der Waals surface area contributed by atoms with Gasteiger partial charge < -0.3 is 10.4 Å². The zero-order valence-corrected chi connectivity index (χ0v) is 12.1. The molecule has 0 saturated heterocycles. The summed E-state index contributed by atoms with van der Waals surface area (Å²) in [6.07, 6.45) is 6.97. The molecule has 0 aliphatic heterocycles. The number of aryl methyl sites for hydroxylation is 1. The van der Waals surface area contributed by atoms with Crippen molar-refractivity contribution in [3.8, 4) is 0 Å². The van der Waals surface area contributed by atoms with Crippen molar-refractivity contribution in [3.63, 3.8) is 0 Å². The average molecular weight is 264 g/mol. The van der Waals surface area contributed by atoms with Crippen molar-refractivity contribution < 1.29 is 9.90 Å². The lowest BCUT2D eigenvalue weighted by atomic mass is 10.0. The van der Waals surface area contributed by atoms with Gasteiger partial charge in [0, 0.05) is 17.9 Å². The van der Waals surface area contributed by atoms with E-state index in [2.05, 4.69) is 24.1 Å². The Kier molecular flexibility index (Phi) is 6.33. The van der Waals surface area contributed by atoms with E-state index in [0.29, 0.717) is 11.7 Å². The van der Waals surface area contributed by atoms with Crippen molar-refractivity contribution in [2.45, 2.75) is 58.9 Å². The van der Waals surface area contributed by atoms with Crippen LogP contribution in [0.2, 0.25) is 0 Å². The van der Waals surface area contributed by atoms with Crippen molar-refractivity contribution in [1.82, 2.24) is 4.98 Å². The van der Waals surface area contributed by atoms with Gasteiger partial charge in [0.1, 0.15) is 5.56 Å². The number of carbonyl (C=O) groups is 1. The number of anilines is 1. The number of pyridine rings is 1. The largest absolute Gasteiger partial charge is 0.478 e. The molecule has 4 nitrogen and oxygen atoms in total. The highest BCUT2D eigenvalue weighted by atomic mass is 16.4. The summed E-state index contributed by atoms with van der Waals surface area (Å²) in [6.45, 7) is 6.19. The second-order valence-corrected chi connectivity index (χ2v) is 4.95. The molecule has 0 fully saturated rings. The number of unbranched alkanes of at least 4 members (excludes halogenated alkanes) is 1. The van der Waals surface area contributed by atoms with Crippen molar-refractivity contribution in [2.24, 2.45) is 0 Å². The van der Waals surface area contributed by atoms with E-state index in [0.717, 1.165) is 37.8 Å². The van der Waals surface area contributed by atoms with Crippen LogP contribution >= 0.6 is 0 Å². The van der Waals surface area contributed by atoms with Crippen molar-refractivity contribution in [1.29, 1.82) is 0 Å². The van der Waals surface area contributed by atoms with Crippen LogP contribution in [-0.4, -0.2) is 22.1 Å². The molecule has 0 spiro atoms. The molecule has 19 heavy (non-hydrogen) atoms. The van der Waals surface area contributed by atoms with E-state index < -0.39 is 5.97 Å². The van der Waals surface area contributed by atoms with Crippen LogP contribution in [0.4, 0.5) is 5.69 Å². The fourth-order valence-corrected chi connectivity index (χ4v) is 2.16. The third kappa shape index (κ3) is 4.89. The quantitative estimate of drug-likeness (QED) is 0.748. The Bertz CT molecular complexity index is 419. The molecule has 4 heteroatoms. The minimum atomic E-state index is -0.930. The van der Waals surface area contributed by atoms with Crippen LogP contribution in [0.3, 0.4) is 0 Å². The lowest BCUT2D eigenvalue weighted by molar-refractivity contribution is 0.0697. The lowest BCUT2D eigenvalue weighted by Gasteiger charge is -2.20. The fraction of sp³-hybridized carbons (Fsp3) is 0.600. The van der Waals surface area contributed by atoms with Gasteiger partial charge in [-0.25, -0.2) is 4.79 Å². The van der Waals surface area contributed by atoms with Crippen LogP contribution in [0, 0.1) is 6.92 Å². The van der Waals surface area contributed by atoms with Crippen LogP contribution in [0.15, 0.2) is 12.3 Å². The smallest absolute Gasteiger partial charge is 0.339 e. The summed E-state index contributed by atoms with van der Waals surface area (Å²) in [5, 5.41) is 12.6. The van der Waals surface area contributed by atoms with Gasteiger partial charge in [-0.3, -0.25) is 4.98 Å². The van der Waals surface area contributed by atoms with Crippen molar-refractivity contribution >= 4 is 11.7 Å². The molecule has 0 radical (unpaired) electrons. The number of aromatic nitrogens is 1. The summed E-state index contributed by atoms with van der Waals surface area (Å²) in [4.78, 5) is 15.3. The SMILES string of the molecule is CCCCC(CCC)Nc1cc(C)ncc1C(=O)O. The summed E-state index contributed by atoms with van der Waals surface area (Å²) < 4.78 is 0. The Morgan fingerprint density at radius 2 is 2.11 bits per heavy atom. The molecule has 1 atom stereocenters. The van der Waals surface area contributed by atoms with Gasteiger partial charge in [0.25, 0.3) is 0 Å². The number of nitrogens with zero attached hydrogens (tertiary/aromatic N) is 1. The molecule has 0 bridgehead atoms. The monoisotopic (exact) mass is 264 g/mol. The first kappa shape index (κ1) is 15.5. The van der Waals surface area contributed by atoms with Crippen LogP contribution in [-0.2, 0) is 0 Å². The number of rotatable bonds is 8. The molecule has 106 valence electrons. The molecule has 1 unspecified atom stereocenters. The highest BCUT2D eigenvalue weighted by Gasteiger charge is 2.14. The van der Waals surface area contributed by atoms with Gasteiger partial charge in [-0.2, -0.15) is 0 Å². The molecule has 1 heterocycles. The first-order valence-corrected chi connectivity index (χ1v) is 7.04. The molecule has 0 saturated carbocycles. The zero-order valence-electron chi connectivity index (χ0n) is 12.1. The van der Waals surface area contributed by atoms with Gasteiger partial charge in [-0.05, 0) is 25.8 Å². The van der Waals surface area contributed by atoms with Gasteiger partial charge in [0.05, 0.1) is 5.69 Å². The second-order valence-electron chi connectivity index (χ2n) is 4.95. The van der Waals surface area contributed by atoms with Crippen molar-refractivity contribution in [2.75, 3.05) is 5.32 Å². The first-order chi connectivity index (χ1) is 9.08. The third-order valence-corrected chi connectivity index (χ3v) is 3.17. The van der Waals surface area contributed by atoms with E-state index in [4.69, 9.17) is 0 Å². The number of carboxylic acid groups (broad SMARTS) is 1. The Labute approximate surface area is 115 Å². The molecule has 2 N–H and O–H groups in total. The molecule has 0 aromatic carbocycles. The minimum absolute atomic E-state index is 0.253. The molecule has 0 amide bonds.